The number of hydrogen-bond donors (Lipinski definition) is 1. The molecule has 5 heteroatoms. The average molecular weight is 308 g/mol. The SMILES string of the molecule is Cc1ccc(CC(C)N2CCC(=O)NC(C(C)C)C2=O)s1. The van der Waals surface area contributed by atoms with Gasteiger partial charge in [0.1, 0.15) is 6.04 Å². The van der Waals surface area contributed by atoms with E-state index < -0.39 is 6.04 Å². The monoisotopic (exact) mass is 308 g/mol. The molecule has 2 heterocycles. The lowest BCUT2D eigenvalue weighted by Gasteiger charge is -2.31. The van der Waals surface area contributed by atoms with Crippen LogP contribution in [0.15, 0.2) is 12.1 Å². The molecule has 0 aromatic carbocycles. The number of carbonyl (C=O) groups excluding carboxylic acids is 2. The zero-order chi connectivity index (χ0) is 15.6. The molecule has 2 atom stereocenters. The van der Waals surface area contributed by atoms with Crippen LogP contribution in [0.5, 0.6) is 0 Å². The molecule has 0 saturated carbocycles. The molecule has 0 radical (unpaired) electrons. The Hall–Kier alpha value is -1.36. The van der Waals surface area contributed by atoms with Gasteiger partial charge in [-0.3, -0.25) is 9.59 Å². The van der Waals surface area contributed by atoms with Gasteiger partial charge in [0.05, 0.1) is 0 Å². The minimum absolute atomic E-state index is 0.0243. The second-order valence-electron chi connectivity index (χ2n) is 6.14. The highest BCUT2D eigenvalue weighted by Gasteiger charge is 2.34. The van der Waals surface area contributed by atoms with Crippen LogP contribution in [-0.2, 0) is 16.0 Å². The molecule has 1 N–H and O–H groups in total. The first-order chi connectivity index (χ1) is 9.88. The van der Waals surface area contributed by atoms with Crippen LogP contribution >= 0.6 is 11.3 Å². The van der Waals surface area contributed by atoms with Crippen LogP contribution in [-0.4, -0.2) is 35.3 Å². The van der Waals surface area contributed by atoms with Crippen LogP contribution < -0.4 is 5.32 Å². The van der Waals surface area contributed by atoms with E-state index in [1.165, 1.54) is 9.75 Å². The molecule has 1 saturated heterocycles. The Morgan fingerprint density at radius 1 is 1.33 bits per heavy atom. The molecule has 2 amide bonds. The molecular weight excluding hydrogens is 284 g/mol. The molecule has 4 nitrogen and oxygen atoms in total. The Kier molecular flexibility index (Phi) is 5.04. The van der Waals surface area contributed by atoms with Crippen molar-refractivity contribution in [2.45, 2.75) is 52.6 Å². The third-order valence-corrected chi connectivity index (χ3v) is 4.96. The molecule has 1 aromatic heterocycles. The highest BCUT2D eigenvalue weighted by atomic mass is 32.1. The normalized spacial score (nSPS) is 21.4. The summed E-state index contributed by atoms with van der Waals surface area (Å²) in [5.41, 5.74) is 0. The molecule has 0 spiro atoms. The van der Waals surface area contributed by atoms with Gasteiger partial charge >= 0.3 is 0 Å². The second-order valence-corrected chi connectivity index (χ2v) is 7.51. The zero-order valence-corrected chi connectivity index (χ0v) is 14.0. The number of amides is 2. The number of nitrogens with one attached hydrogen (secondary N) is 1. The number of nitrogens with zero attached hydrogens (tertiary/aromatic N) is 1. The average Bonchev–Trinajstić information content (AvgIpc) is 2.73. The van der Waals surface area contributed by atoms with Gasteiger partial charge in [-0.15, -0.1) is 11.3 Å². The lowest BCUT2D eigenvalue weighted by atomic mass is 10.0. The molecule has 0 bridgehead atoms. The van der Waals surface area contributed by atoms with Gasteiger partial charge in [0.25, 0.3) is 0 Å². The van der Waals surface area contributed by atoms with E-state index >= 15 is 0 Å². The zero-order valence-electron chi connectivity index (χ0n) is 13.2. The Balaban J connectivity index is 2.12. The summed E-state index contributed by atoms with van der Waals surface area (Å²) in [4.78, 5) is 28.9. The molecule has 1 aliphatic heterocycles. The van der Waals surface area contributed by atoms with Crippen LogP contribution in [0.3, 0.4) is 0 Å². The molecule has 1 aromatic rings. The first-order valence-electron chi connectivity index (χ1n) is 7.53. The van der Waals surface area contributed by atoms with E-state index in [1.807, 2.05) is 18.7 Å². The van der Waals surface area contributed by atoms with Gasteiger partial charge in [0.15, 0.2) is 0 Å². The molecule has 116 valence electrons. The summed E-state index contributed by atoms with van der Waals surface area (Å²) >= 11 is 1.77. The largest absolute Gasteiger partial charge is 0.344 e. The van der Waals surface area contributed by atoms with Gasteiger partial charge in [0.2, 0.25) is 11.8 Å². The quantitative estimate of drug-likeness (QED) is 0.928. The molecule has 1 aliphatic rings. The maximum Gasteiger partial charge on any atom is 0.245 e. The van der Waals surface area contributed by atoms with E-state index in [0.717, 1.165) is 6.42 Å². The van der Waals surface area contributed by atoms with Crippen LogP contribution in [0.1, 0.15) is 36.9 Å². The third kappa shape index (κ3) is 3.84. The number of rotatable bonds is 4. The van der Waals surface area contributed by atoms with E-state index in [2.05, 4.69) is 31.3 Å². The Labute approximate surface area is 130 Å². The van der Waals surface area contributed by atoms with Crippen molar-refractivity contribution >= 4 is 23.2 Å². The van der Waals surface area contributed by atoms with Gasteiger partial charge in [-0.25, -0.2) is 0 Å². The van der Waals surface area contributed by atoms with Crippen molar-refractivity contribution in [1.29, 1.82) is 0 Å². The van der Waals surface area contributed by atoms with E-state index in [0.29, 0.717) is 13.0 Å². The van der Waals surface area contributed by atoms with Crippen molar-refractivity contribution in [2.24, 2.45) is 5.92 Å². The van der Waals surface area contributed by atoms with Gasteiger partial charge in [0, 0.05) is 35.2 Å². The maximum atomic E-state index is 12.7. The summed E-state index contributed by atoms with van der Waals surface area (Å²) in [6.45, 7) is 8.62. The predicted molar refractivity (Wildman–Crippen MR) is 85.3 cm³/mol. The van der Waals surface area contributed by atoms with E-state index in [4.69, 9.17) is 0 Å². The number of carbonyl (C=O) groups is 2. The molecule has 1 fully saturated rings. The molecule has 21 heavy (non-hydrogen) atoms. The molecular formula is C16H24N2O2S. The highest BCUT2D eigenvalue weighted by Crippen LogP contribution is 2.21. The van der Waals surface area contributed by atoms with E-state index in [-0.39, 0.29) is 23.8 Å². The summed E-state index contributed by atoms with van der Waals surface area (Å²) in [6.07, 6.45) is 1.24. The van der Waals surface area contributed by atoms with Gasteiger partial charge < -0.3 is 10.2 Å². The number of thiophene rings is 1. The van der Waals surface area contributed by atoms with Crippen molar-refractivity contribution in [3.63, 3.8) is 0 Å². The fourth-order valence-corrected chi connectivity index (χ4v) is 3.71. The lowest BCUT2D eigenvalue weighted by molar-refractivity contribution is -0.136. The Morgan fingerprint density at radius 2 is 2.05 bits per heavy atom. The Bertz CT molecular complexity index is 524. The second kappa shape index (κ2) is 6.60. The maximum absolute atomic E-state index is 12.7. The molecule has 0 aliphatic carbocycles. The van der Waals surface area contributed by atoms with Crippen LogP contribution in [0.2, 0.25) is 0 Å². The molecule has 2 rings (SSSR count). The topological polar surface area (TPSA) is 49.4 Å². The molecule has 2 unspecified atom stereocenters. The summed E-state index contributed by atoms with van der Waals surface area (Å²) in [5, 5.41) is 2.85. The van der Waals surface area contributed by atoms with Crippen molar-refractivity contribution in [3.8, 4) is 0 Å². The van der Waals surface area contributed by atoms with Crippen molar-refractivity contribution in [1.82, 2.24) is 10.2 Å². The highest BCUT2D eigenvalue weighted by molar-refractivity contribution is 7.11. The van der Waals surface area contributed by atoms with Crippen LogP contribution in [0.4, 0.5) is 0 Å². The lowest BCUT2D eigenvalue weighted by Crippen LogP contribution is -2.50. The van der Waals surface area contributed by atoms with Crippen LogP contribution in [0.25, 0.3) is 0 Å². The van der Waals surface area contributed by atoms with Crippen molar-refractivity contribution < 1.29 is 9.59 Å². The first-order valence-corrected chi connectivity index (χ1v) is 8.35. The fraction of sp³-hybridized carbons (Fsp3) is 0.625. The standard InChI is InChI=1S/C16H24N2O2S/c1-10(2)15-16(20)18(8-7-14(19)17-15)11(3)9-13-6-5-12(4)21-13/h5-6,10-11,15H,7-9H2,1-4H3,(H,17,19). The number of hydrogen-bond acceptors (Lipinski definition) is 3. The third-order valence-electron chi connectivity index (χ3n) is 3.94. The first kappa shape index (κ1) is 16.0. The van der Waals surface area contributed by atoms with Gasteiger partial charge in [-0.1, -0.05) is 13.8 Å². The summed E-state index contributed by atoms with van der Waals surface area (Å²) in [7, 11) is 0. The minimum Gasteiger partial charge on any atom is -0.344 e. The number of aryl methyl sites for hydroxylation is 1. The van der Waals surface area contributed by atoms with Crippen molar-refractivity contribution in [3.05, 3.63) is 21.9 Å². The summed E-state index contributed by atoms with van der Waals surface area (Å²) in [5.74, 6) is 0.138. The summed E-state index contributed by atoms with van der Waals surface area (Å²) < 4.78 is 0. The Morgan fingerprint density at radius 3 is 2.62 bits per heavy atom. The van der Waals surface area contributed by atoms with Crippen LogP contribution in [0, 0.1) is 12.8 Å². The fourth-order valence-electron chi connectivity index (χ4n) is 2.70. The van der Waals surface area contributed by atoms with Gasteiger partial charge in [-0.05, 0) is 31.9 Å². The van der Waals surface area contributed by atoms with E-state index in [9.17, 15) is 9.59 Å². The minimum atomic E-state index is -0.396. The summed E-state index contributed by atoms with van der Waals surface area (Å²) in [6, 6.07) is 3.96. The smallest absolute Gasteiger partial charge is 0.245 e. The van der Waals surface area contributed by atoms with E-state index in [1.54, 1.807) is 11.3 Å². The predicted octanol–water partition coefficient (Wildman–Crippen LogP) is 2.36. The van der Waals surface area contributed by atoms with Gasteiger partial charge in [-0.2, -0.15) is 0 Å². The van der Waals surface area contributed by atoms with Crippen molar-refractivity contribution in [2.75, 3.05) is 6.54 Å².